The smallest absolute Gasteiger partial charge is 0.329 e. The van der Waals surface area contributed by atoms with E-state index in [-0.39, 0.29) is 5.70 Å². The zero-order chi connectivity index (χ0) is 18.7. The van der Waals surface area contributed by atoms with Crippen molar-refractivity contribution < 1.29 is 19.1 Å². The van der Waals surface area contributed by atoms with Crippen molar-refractivity contribution in [2.45, 2.75) is 0 Å². The van der Waals surface area contributed by atoms with Crippen molar-refractivity contribution >= 4 is 56.9 Å². The molecule has 1 aliphatic heterocycles. The molecule has 0 atom stereocenters. The van der Waals surface area contributed by atoms with Crippen LogP contribution in [0.4, 0.5) is 10.5 Å². The molecule has 2 N–H and O–H groups in total. The highest BCUT2D eigenvalue weighted by Gasteiger charge is 2.35. The molecule has 2 heterocycles. The van der Waals surface area contributed by atoms with Crippen LogP contribution < -0.4 is 15.4 Å². The number of anilines is 1. The highest BCUT2D eigenvalue weighted by Crippen LogP contribution is 2.25. The lowest BCUT2D eigenvalue weighted by molar-refractivity contribution is -0.127. The summed E-state index contributed by atoms with van der Waals surface area (Å²) in [4.78, 5) is 38.3. The van der Waals surface area contributed by atoms with Gasteiger partial charge in [0, 0.05) is 4.88 Å². The summed E-state index contributed by atoms with van der Waals surface area (Å²) in [5.74, 6) is -0.560. The molecule has 1 saturated heterocycles. The lowest BCUT2D eigenvalue weighted by atomic mass is 10.3. The number of rotatable bonds is 5. The van der Waals surface area contributed by atoms with Gasteiger partial charge < -0.3 is 15.4 Å². The van der Waals surface area contributed by atoms with Crippen molar-refractivity contribution in [3.05, 3.63) is 50.8 Å². The molecule has 1 aromatic carbocycles. The summed E-state index contributed by atoms with van der Waals surface area (Å²) in [5, 5.41) is 5.12. The minimum atomic E-state index is -0.632. The summed E-state index contributed by atoms with van der Waals surface area (Å²) >= 11 is 4.76. The normalized spacial score (nSPS) is 15.3. The maximum Gasteiger partial charge on any atom is 0.329 e. The number of nitrogens with one attached hydrogen (secondary N) is 2. The maximum absolute atomic E-state index is 12.4. The van der Waals surface area contributed by atoms with E-state index in [1.165, 1.54) is 18.4 Å². The van der Waals surface area contributed by atoms with E-state index in [4.69, 9.17) is 4.74 Å². The lowest BCUT2D eigenvalue weighted by Crippen LogP contribution is -2.38. The number of methoxy groups -OCH3 is 1. The second-order valence-corrected chi connectivity index (χ2v) is 7.76. The summed E-state index contributed by atoms with van der Waals surface area (Å²) in [7, 11) is 1.49. The number of hydrogen-bond acceptors (Lipinski definition) is 5. The van der Waals surface area contributed by atoms with Crippen LogP contribution in [0.3, 0.4) is 0 Å². The van der Waals surface area contributed by atoms with E-state index in [1.807, 2.05) is 12.1 Å². The monoisotopic (exact) mass is 435 g/mol. The van der Waals surface area contributed by atoms with Crippen molar-refractivity contribution in [2.24, 2.45) is 0 Å². The Morgan fingerprint density at radius 3 is 2.77 bits per heavy atom. The van der Waals surface area contributed by atoms with Crippen LogP contribution in [-0.2, 0) is 9.59 Å². The highest BCUT2D eigenvalue weighted by atomic mass is 79.9. The molecular formula is C17H14BrN3O4S. The summed E-state index contributed by atoms with van der Waals surface area (Å²) in [6.45, 7) is -0.395. The maximum atomic E-state index is 12.4. The molecule has 1 aliphatic rings. The van der Waals surface area contributed by atoms with Crippen LogP contribution >= 0.6 is 27.3 Å². The lowest BCUT2D eigenvalue weighted by Gasteiger charge is -2.13. The summed E-state index contributed by atoms with van der Waals surface area (Å²) < 4.78 is 6.07. The van der Waals surface area contributed by atoms with E-state index in [9.17, 15) is 14.4 Å². The average molecular weight is 436 g/mol. The third kappa shape index (κ3) is 3.94. The molecule has 0 radical (unpaired) electrons. The van der Waals surface area contributed by atoms with Crippen molar-refractivity contribution in [1.82, 2.24) is 10.2 Å². The largest absolute Gasteiger partial charge is 0.495 e. The predicted octanol–water partition coefficient (Wildman–Crippen LogP) is 3.05. The topological polar surface area (TPSA) is 87.7 Å². The Morgan fingerprint density at radius 1 is 1.31 bits per heavy atom. The van der Waals surface area contributed by atoms with E-state index in [1.54, 1.807) is 30.3 Å². The Labute approximate surface area is 161 Å². The molecule has 9 heteroatoms. The SMILES string of the molecule is COc1ccccc1NC(=O)CN1C(=O)N/C(=C/c2ccc(Br)s2)C1=O. The van der Waals surface area contributed by atoms with E-state index in [0.29, 0.717) is 11.4 Å². The van der Waals surface area contributed by atoms with E-state index in [2.05, 4.69) is 26.6 Å². The third-order valence-electron chi connectivity index (χ3n) is 3.53. The van der Waals surface area contributed by atoms with Gasteiger partial charge >= 0.3 is 6.03 Å². The number of benzene rings is 1. The predicted molar refractivity (Wildman–Crippen MR) is 102 cm³/mol. The van der Waals surface area contributed by atoms with Crippen molar-refractivity contribution in [2.75, 3.05) is 19.0 Å². The van der Waals surface area contributed by atoms with Crippen LogP contribution in [-0.4, -0.2) is 36.4 Å². The molecular weight excluding hydrogens is 422 g/mol. The Hall–Kier alpha value is -2.65. The number of hydrogen-bond donors (Lipinski definition) is 2. The molecule has 0 aliphatic carbocycles. The van der Waals surface area contributed by atoms with Crippen molar-refractivity contribution in [3.8, 4) is 5.75 Å². The van der Waals surface area contributed by atoms with Gasteiger partial charge in [-0.1, -0.05) is 12.1 Å². The fraction of sp³-hybridized carbons (Fsp3) is 0.118. The van der Waals surface area contributed by atoms with Gasteiger partial charge in [-0.3, -0.25) is 9.59 Å². The molecule has 0 spiro atoms. The molecule has 134 valence electrons. The zero-order valence-electron chi connectivity index (χ0n) is 13.6. The van der Waals surface area contributed by atoms with Gasteiger partial charge in [0.25, 0.3) is 5.91 Å². The van der Waals surface area contributed by atoms with Gasteiger partial charge in [-0.25, -0.2) is 9.69 Å². The number of carbonyl (C=O) groups is 3. The first-order valence-electron chi connectivity index (χ1n) is 7.50. The highest BCUT2D eigenvalue weighted by molar-refractivity contribution is 9.11. The number of carbonyl (C=O) groups excluding carboxylic acids is 3. The Balaban J connectivity index is 1.69. The number of nitrogens with zero attached hydrogens (tertiary/aromatic N) is 1. The second kappa shape index (κ2) is 7.71. The van der Waals surface area contributed by atoms with Gasteiger partial charge in [0.1, 0.15) is 18.0 Å². The van der Waals surface area contributed by atoms with E-state index < -0.39 is 24.4 Å². The minimum Gasteiger partial charge on any atom is -0.495 e. The summed E-state index contributed by atoms with van der Waals surface area (Å²) in [5.41, 5.74) is 0.598. The molecule has 4 amide bonds. The average Bonchev–Trinajstić information content (AvgIpc) is 3.13. The first-order valence-corrected chi connectivity index (χ1v) is 9.11. The third-order valence-corrected chi connectivity index (χ3v) is 5.10. The van der Waals surface area contributed by atoms with Gasteiger partial charge in [0.05, 0.1) is 16.6 Å². The first kappa shape index (κ1) is 18.2. The molecule has 0 unspecified atom stereocenters. The number of halogens is 1. The van der Waals surface area contributed by atoms with Gasteiger partial charge in [-0.15, -0.1) is 11.3 Å². The molecule has 1 aromatic heterocycles. The first-order chi connectivity index (χ1) is 12.5. The van der Waals surface area contributed by atoms with Crippen LogP contribution in [0.2, 0.25) is 0 Å². The Morgan fingerprint density at radius 2 is 2.08 bits per heavy atom. The van der Waals surface area contributed by atoms with Crippen LogP contribution in [0, 0.1) is 0 Å². The summed E-state index contributed by atoms with van der Waals surface area (Å²) in [6.07, 6.45) is 1.58. The molecule has 0 bridgehead atoms. The quantitative estimate of drug-likeness (QED) is 0.557. The number of thiophene rings is 1. The van der Waals surface area contributed by atoms with Crippen molar-refractivity contribution in [3.63, 3.8) is 0 Å². The van der Waals surface area contributed by atoms with Crippen molar-refractivity contribution in [1.29, 1.82) is 0 Å². The van der Waals surface area contributed by atoms with E-state index >= 15 is 0 Å². The Bertz CT molecular complexity index is 909. The molecule has 26 heavy (non-hydrogen) atoms. The van der Waals surface area contributed by atoms with Crippen LogP contribution in [0.5, 0.6) is 5.75 Å². The van der Waals surface area contributed by atoms with Gasteiger partial charge in [0.15, 0.2) is 0 Å². The molecule has 2 aromatic rings. The minimum absolute atomic E-state index is 0.134. The van der Waals surface area contributed by atoms with E-state index in [0.717, 1.165) is 13.6 Å². The van der Waals surface area contributed by atoms with Gasteiger partial charge in [-0.2, -0.15) is 0 Å². The second-order valence-electron chi connectivity index (χ2n) is 5.27. The number of ether oxygens (including phenoxy) is 1. The fourth-order valence-corrected chi connectivity index (χ4v) is 3.71. The fourth-order valence-electron chi connectivity index (χ4n) is 2.34. The van der Waals surface area contributed by atoms with Crippen LogP contribution in [0.25, 0.3) is 6.08 Å². The van der Waals surface area contributed by atoms with Gasteiger partial charge in [0.2, 0.25) is 5.91 Å². The number of amides is 4. The molecule has 0 saturated carbocycles. The standard InChI is InChI=1S/C17H14BrN3O4S/c1-25-13-5-3-2-4-11(13)19-15(22)9-21-16(23)12(20-17(21)24)8-10-6-7-14(18)26-10/h2-8H,9H2,1H3,(H,19,22)(H,20,24)/b12-8+. The number of para-hydroxylation sites is 2. The molecule has 1 fully saturated rings. The number of imide groups is 1. The van der Waals surface area contributed by atoms with Crippen LogP contribution in [0.15, 0.2) is 45.9 Å². The van der Waals surface area contributed by atoms with Crippen LogP contribution in [0.1, 0.15) is 4.88 Å². The number of urea groups is 1. The molecule has 3 rings (SSSR count). The zero-order valence-corrected chi connectivity index (χ0v) is 16.0. The molecule has 7 nitrogen and oxygen atoms in total. The van der Waals surface area contributed by atoms with Gasteiger partial charge in [-0.05, 0) is 46.3 Å². The Kier molecular flexibility index (Phi) is 5.38. The summed E-state index contributed by atoms with van der Waals surface area (Å²) in [6, 6.07) is 9.91.